The average molecular weight is 445 g/mol. The van der Waals surface area contributed by atoms with Crippen LogP contribution >= 0.6 is 11.6 Å². The Kier molecular flexibility index (Phi) is 6.52. The second-order valence-corrected chi connectivity index (χ2v) is 8.84. The summed E-state index contributed by atoms with van der Waals surface area (Å²) in [6.07, 6.45) is 0. The van der Waals surface area contributed by atoms with Crippen LogP contribution in [0.25, 0.3) is 0 Å². The van der Waals surface area contributed by atoms with E-state index in [1.165, 1.54) is 36.2 Å². The zero-order valence-electron chi connectivity index (χ0n) is 15.6. The maximum atomic E-state index is 14.3. The van der Waals surface area contributed by atoms with Gasteiger partial charge in [-0.2, -0.15) is 4.31 Å². The Morgan fingerprint density at radius 2 is 1.86 bits per heavy atom. The molecule has 1 fully saturated rings. The molecule has 0 unspecified atom stereocenters. The molecule has 29 heavy (non-hydrogen) atoms. The van der Waals surface area contributed by atoms with Crippen LogP contribution in [-0.4, -0.2) is 56.9 Å². The molecule has 1 amide bonds. The fourth-order valence-electron chi connectivity index (χ4n) is 2.97. The Morgan fingerprint density at radius 3 is 2.52 bits per heavy atom. The van der Waals surface area contributed by atoms with Gasteiger partial charge in [0.1, 0.15) is 16.5 Å². The van der Waals surface area contributed by atoms with Gasteiger partial charge in [-0.25, -0.2) is 17.2 Å². The molecule has 0 atom stereocenters. The molecule has 3 rings (SSSR count). The molecule has 6 nitrogen and oxygen atoms in total. The summed E-state index contributed by atoms with van der Waals surface area (Å²) in [5, 5.41) is 0.166. The van der Waals surface area contributed by atoms with Gasteiger partial charge >= 0.3 is 0 Å². The minimum absolute atomic E-state index is 0.0341. The highest BCUT2D eigenvalue weighted by Gasteiger charge is 2.30. The number of carbonyl (C=O) groups is 1. The molecule has 1 aliphatic heterocycles. The predicted octanol–water partition coefficient (Wildman–Crippen LogP) is 2.91. The van der Waals surface area contributed by atoms with Crippen LogP contribution in [0.15, 0.2) is 41.3 Å². The monoisotopic (exact) mass is 444 g/mol. The number of benzene rings is 2. The van der Waals surface area contributed by atoms with Crippen molar-refractivity contribution in [3.8, 4) is 0 Å². The topological polar surface area (TPSA) is 66.9 Å². The van der Waals surface area contributed by atoms with Crippen molar-refractivity contribution in [1.82, 2.24) is 9.21 Å². The van der Waals surface area contributed by atoms with Gasteiger partial charge in [0.05, 0.1) is 13.2 Å². The number of ether oxygens (including phenoxy) is 1. The SMILES string of the molecule is CN(Cc1c(F)cccc1Cl)C(=O)c1ccc(F)c(S(=O)(=O)N2CCOCC2)c1. The largest absolute Gasteiger partial charge is 0.379 e. The molecule has 1 saturated heterocycles. The molecule has 0 bridgehead atoms. The number of carbonyl (C=O) groups excluding carboxylic acids is 1. The lowest BCUT2D eigenvalue weighted by molar-refractivity contribution is 0.0729. The Bertz CT molecular complexity index is 1010. The lowest BCUT2D eigenvalue weighted by Gasteiger charge is -2.26. The van der Waals surface area contributed by atoms with Gasteiger partial charge in [0.2, 0.25) is 10.0 Å². The molecular formula is C19H19ClF2N2O4S. The summed E-state index contributed by atoms with van der Waals surface area (Å²) >= 11 is 5.99. The fourth-order valence-corrected chi connectivity index (χ4v) is 4.69. The van der Waals surface area contributed by atoms with Crippen molar-refractivity contribution < 1.29 is 26.7 Å². The molecule has 0 spiro atoms. The third-order valence-corrected chi connectivity index (χ3v) is 6.84. The minimum atomic E-state index is -4.12. The van der Waals surface area contributed by atoms with Crippen LogP contribution in [0.5, 0.6) is 0 Å². The van der Waals surface area contributed by atoms with Gasteiger partial charge in [-0.1, -0.05) is 17.7 Å². The van der Waals surface area contributed by atoms with Crippen molar-refractivity contribution >= 4 is 27.5 Å². The summed E-state index contributed by atoms with van der Waals surface area (Å²) in [4.78, 5) is 13.4. The Balaban J connectivity index is 1.87. The van der Waals surface area contributed by atoms with Crippen molar-refractivity contribution in [2.75, 3.05) is 33.4 Å². The zero-order chi connectivity index (χ0) is 21.2. The summed E-state index contributed by atoms with van der Waals surface area (Å²) in [6.45, 7) is 0.502. The van der Waals surface area contributed by atoms with Gasteiger partial charge in [-0.15, -0.1) is 0 Å². The van der Waals surface area contributed by atoms with Crippen molar-refractivity contribution in [3.05, 3.63) is 64.2 Å². The number of amides is 1. The van der Waals surface area contributed by atoms with Gasteiger partial charge in [0.15, 0.2) is 0 Å². The van der Waals surface area contributed by atoms with E-state index in [1.807, 2.05) is 0 Å². The number of morpholine rings is 1. The lowest BCUT2D eigenvalue weighted by atomic mass is 10.1. The van der Waals surface area contributed by atoms with E-state index in [0.717, 1.165) is 16.4 Å². The molecule has 1 aliphatic rings. The quantitative estimate of drug-likeness (QED) is 0.711. The van der Waals surface area contributed by atoms with E-state index in [9.17, 15) is 22.0 Å². The Hall–Kier alpha value is -2.07. The van der Waals surface area contributed by atoms with E-state index in [-0.39, 0.29) is 49.0 Å². The summed E-state index contributed by atoms with van der Waals surface area (Å²) in [5.41, 5.74) is 0.0986. The zero-order valence-corrected chi connectivity index (χ0v) is 17.1. The van der Waals surface area contributed by atoms with Gasteiger partial charge in [-0.3, -0.25) is 4.79 Å². The van der Waals surface area contributed by atoms with Crippen LogP contribution < -0.4 is 0 Å². The first-order valence-corrected chi connectivity index (χ1v) is 10.6. The number of sulfonamides is 1. The van der Waals surface area contributed by atoms with Crippen LogP contribution in [0.1, 0.15) is 15.9 Å². The second-order valence-electron chi connectivity index (χ2n) is 6.52. The predicted molar refractivity (Wildman–Crippen MR) is 103 cm³/mol. The summed E-state index contributed by atoms with van der Waals surface area (Å²) < 4.78 is 60.1. The van der Waals surface area contributed by atoms with E-state index < -0.39 is 32.5 Å². The van der Waals surface area contributed by atoms with Gasteiger partial charge in [0.25, 0.3) is 5.91 Å². The van der Waals surface area contributed by atoms with Crippen LogP contribution in [0.4, 0.5) is 8.78 Å². The van der Waals surface area contributed by atoms with Crippen LogP contribution in [0.3, 0.4) is 0 Å². The second kappa shape index (κ2) is 8.74. The number of halogens is 3. The molecular weight excluding hydrogens is 426 g/mol. The van der Waals surface area contributed by atoms with E-state index >= 15 is 0 Å². The van der Waals surface area contributed by atoms with Crippen molar-refractivity contribution in [2.45, 2.75) is 11.4 Å². The third kappa shape index (κ3) is 4.58. The average Bonchev–Trinajstić information content (AvgIpc) is 2.71. The lowest BCUT2D eigenvalue weighted by Crippen LogP contribution is -2.41. The number of nitrogens with zero attached hydrogens (tertiary/aromatic N) is 2. The van der Waals surface area contributed by atoms with E-state index in [0.29, 0.717) is 0 Å². The molecule has 1 heterocycles. The highest BCUT2D eigenvalue weighted by atomic mass is 35.5. The van der Waals surface area contributed by atoms with Gasteiger partial charge in [-0.05, 0) is 30.3 Å². The van der Waals surface area contributed by atoms with Gasteiger partial charge < -0.3 is 9.64 Å². The minimum Gasteiger partial charge on any atom is -0.379 e. The Labute approximate surface area is 172 Å². The number of rotatable bonds is 5. The van der Waals surface area contributed by atoms with Crippen LogP contribution in [0, 0.1) is 11.6 Å². The summed E-state index contributed by atoms with van der Waals surface area (Å²) in [5.74, 6) is -2.11. The number of hydrogen-bond donors (Lipinski definition) is 0. The van der Waals surface area contributed by atoms with Crippen LogP contribution in [-0.2, 0) is 21.3 Å². The summed E-state index contributed by atoms with van der Waals surface area (Å²) in [6, 6.07) is 7.31. The standard InChI is InChI=1S/C19H19ClF2N2O4S/c1-23(12-14-15(20)3-2-4-16(14)21)19(25)13-5-6-17(22)18(11-13)29(26,27)24-7-9-28-10-8-24/h2-6,11H,7-10,12H2,1H3. The highest BCUT2D eigenvalue weighted by molar-refractivity contribution is 7.89. The summed E-state index contributed by atoms with van der Waals surface area (Å²) in [7, 11) is -2.70. The molecule has 0 saturated carbocycles. The maximum absolute atomic E-state index is 14.3. The van der Waals surface area contributed by atoms with E-state index in [1.54, 1.807) is 0 Å². The highest BCUT2D eigenvalue weighted by Crippen LogP contribution is 2.24. The van der Waals surface area contributed by atoms with Crippen LogP contribution in [0.2, 0.25) is 5.02 Å². The molecule has 0 radical (unpaired) electrons. The smallest absolute Gasteiger partial charge is 0.253 e. The number of hydrogen-bond acceptors (Lipinski definition) is 4. The van der Waals surface area contributed by atoms with E-state index in [4.69, 9.17) is 16.3 Å². The molecule has 10 heteroatoms. The Morgan fingerprint density at radius 1 is 1.17 bits per heavy atom. The first kappa shape index (κ1) is 21.6. The molecule has 156 valence electrons. The molecule has 0 N–H and O–H groups in total. The maximum Gasteiger partial charge on any atom is 0.253 e. The fraction of sp³-hybridized carbons (Fsp3) is 0.316. The van der Waals surface area contributed by atoms with E-state index in [2.05, 4.69) is 0 Å². The normalized spacial score (nSPS) is 15.3. The molecule has 0 aromatic heterocycles. The van der Waals surface area contributed by atoms with Crippen molar-refractivity contribution in [1.29, 1.82) is 0 Å². The third-order valence-electron chi connectivity index (χ3n) is 4.57. The first-order chi connectivity index (χ1) is 13.7. The van der Waals surface area contributed by atoms with Gasteiger partial charge in [0, 0.05) is 42.8 Å². The molecule has 2 aromatic carbocycles. The van der Waals surface area contributed by atoms with Crippen molar-refractivity contribution in [3.63, 3.8) is 0 Å². The molecule has 0 aliphatic carbocycles. The van der Waals surface area contributed by atoms with Crippen molar-refractivity contribution in [2.24, 2.45) is 0 Å². The molecule has 2 aromatic rings. The first-order valence-electron chi connectivity index (χ1n) is 8.77.